The van der Waals surface area contributed by atoms with Gasteiger partial charge in [-0.15, -0.1) is 0 Å². The van der Waals surface area contributed by atoms with Gasteiger partial charge in [0.05, 0.1) is 7.11 Å². The third-order valence-electron chi connectivity index (χ3n) is 1.86. The van der Waals surface area contributed by atoms with Gasteiger partial charge in [-0.1, -0.05) is 20.8 Å². The van der Waals surface area contributed by atoms with Crippen molar-refractivity contribution in [2.75, 3.05) is 7.11 Å². The summed E-state index contributed by atoms with van der Waals surface area (Å²) in [6.45, 7) is 5.85. The van der Waals surface area contributed by atoms with Crippen LogP contribution in [-0.2, 0) is 5.41 Å². The van der Waals surface area contributed by atoms with Crippen molar-refractivity contribution < 1.29 is 9.13 Å². The van der Waals surface area contributed by atoms with Crippen molar-refractivity contribution in [1.29, 1.82) is 0 Å². The first-order chi connectivity index (χ1) is 5.96. The highest BCUT2D eigenvalue weighted by molar-refractivity contribution is 5.28. The normalized spacial score (nSPS) is 11.5. The zero-order valence-electron chi connectivity index (χ0n) is 8.39. The highest BCUT2D eigenvalue weighted by Crippen LogP contribution is 2.28. The Morgan fingerprint density at radius 1 is 1.38 bits per heavy atom. The molecule has 0 saturated heterocycles. The zero-order valence-corrected chi connectivity index (χ0v) is 8.39. The molecule has 1 aromatic rings. The molecule has 1 rings (SSSR count). The molecule has 0 aliphatic carbocycles. The Morgan fingerprint density at radius 2 is 2.00 bits per heavy atom. The fraction of sp³-hybridized carbons (Fsp3) is 0.500. The molecule has 1 aromatic heterocycles. The molecule has 1 heterocycles. The standard InChI is InChI=1S/C10H14FNO/c1-10(2,3)7-5-6-12-9(13-4)8(7)11/h5-6H,1-4H3. The van der Waals surface area contributed by atoms with Crippen LogP contribution in [0.3, 0.4) is 0 Å². The number of aromatic nitrogens is 1. The van der Waals surface area contributed by atoms with Gasteiger partial charge in [-0.3, -0.25) is 0 Å². The summed E-state index contributed by atoms with van der Waals surface area (Å²) in [6.07, 6.45) is 1.56. The number of ether oxygens (including phenoxy) is 1. The summed E-state index contributed by atoms with van der Waals surface area (Å²) < 4.78 is 18.4. The molecule has 13 heavy (non-hydrogen) atoms. The Morgan fingerprint density at radius 3 is 2.46 bits per heavy atom. The maximum atomic E-state index is 13.6. The molecule has 0 fully saturated rings. The van der Waals surface area contributed by atoms with Crippen LogP contribution < -0.4 is 4.74 Å². The predicted octanol–water partition coefficient (Wildman–Crippen LogP) is 2.53. The lowest BCUT2D eigenvalue weighted by atomic mass is 9.87. The molecule has 2 nitrogen and oxygen atoms in total. The molecule has 0 spiro atoms. The minimum absolute atomic E-state index is 0.0624. The second kappa shape index (κ2) is 3.32. The van der Waals surface area contributed by atoms with Gasteiger partial charge in [0.1, 0.15) is 0 Å². The van der Waals surface area contributed by atoms with E-state index >= 15 is 0 Å². The van der Waals surface area contributed by atoms with Crippen molar-refractivity contribution in [1.82, 2.24) is 4.98 Å². The number of pyridine rings is 1. The summed E-state index contributed by atoms with van der Waals surface area (Å²) in [6, 6.07) is 1.68. The molecule has 0 unspecified atom stereocenters. The topological polar surface area (TPSA) is 22.1 Å². The smallest absolute Gasteiger partial charge is 0.250 e. The summed E-state index contributed by atoms with van der Waals surface area (Å²) in [7, 11) is 1.41. The molecule has 0 aliphatic rings. The van der Waals surface area contributed by atoms with E-state index in [1.165, 1.54) is 7.11 Å². The van der Waals surface area contributed by atoms with Crippen molar-refractivity contribution in [3.05, 3.63) is 23.6 Å². The summed E-state index contributed by atoms with van der Waals surface area (Å²) in [5.41, 5.74) is 0.402. The maximum Gasteiger partial charge on any atom is 0.250 e. The van der Waals surface area contributed by atoms with Crippen molar-refractivity contribution in [2.24, 2.45) is 0 Å². The summed E-state index contributed by atoms with van der Waals surface area (Å²) in [5.74, 6) is -0.301. The molecular weight excluding hydrogens is 169 g/mol. The Kier molecular flexibility index (Phi) is 2.55. The summed E-state index contributed by atoms with van der Waals surface area (Å²) >= 11 is 0. The molecule has 0 aliphatic heterocycles. The van der Waals surface area contributed by atoms with Gasteiger partial charge >= 0.3 is 0 Å². The van der Waals surface area contributed by atoms with Crippen molar-refractivity contribution in [3.63, 3.8) is 0 Å². The van der Waals surface area contributed by atoms with E-state index in [4.69, 9.17) is 4.74 Å². The SMILES string of the molecule is COc1nccc(C(C)(C)C)c1F. The van der Waals surface area contributed by atoms with Crippen LogP contribution in [0.15, 0.2) is 12.3 Å². The van der Waals surface area contributed by atoms with Crippen LogP contribution in [-0.4, -0.2) is 12.1 Å². The van der Waals surface area contributed by atoms with Crippen LogP contribution in [0.25, 0.3) is 0 Å². The highest BCUT2D eigenvalue weighted by Gasteiger charge is 2.21. The van der Waals surface area contributed by atoms with Crippen molar-refractivity contribution in [2.45, 2.75) is 26.2 Å². The molecule has 0 amide bonds. The van der Waals surface area contributed by atoms with Crippen LogP contribution >= 0.6 is 0 Å². The molecule has 0 aromatic carbocycles. The number of hydrogen-bond donors (Lipinski definition) is 0. The first-order valence-corrected chi connectivity index (χ1v) is 4.16. The fourth-order valence-corrected chi connectivity index (χ4v) is 1.15. The first-order valence-electron chi connectivity index (χ1n) is 4.16. The molecule has 0 radical (unpaired) electrons. The van der Waals surface area contributed by atoms with E-state index < -0.39 is 0 Å². The van der Waals surface area contributed by atoms with Gasteiger partial charge in [0, 0.05) is 11.8 Å². The van der Waals surface area contributed by atoms with Crippen molar-refractivity contribution >= 4 is 0 Å². The number of nitrogens with zero attached hydrogens (tertiary/aromatic N) is 1. The molecule has 0 N–H and O–H groups in total. The Hall–Kier alpha value is -1.12. The number of halogens is 1. The Bertz CT molecular complexity index is 304. The minimum atomic E-state index is -0.363. The average Bonchev–Trinajstić information content (AvgIpc) is 2.02. The highest BCUT2D eigenvalue weighted by atomic mass is 19.1. The second-order valence-corrected chi connectivity index (χ2v) is 3.93. The van der Waals surface area contributed by atoms with E-state index in [0.29, 0.717) is 5.56 Å². The molecule has 72 valence electrons. The molecule has 0 saturated carbocycles. The van der Waals surface area contributed by atoms with Gasteiger partial charge in [0.25, 0.3) is 0 Å². The van der Waals surface area contributed by atoms with Gasteiger partial charge in [0.15, 0.2) is 5.82 Å². The summed E-state index contributed by atoms with van der Waals surface area (Å²) in [5, 5.41) is 0. The van der Waals surface area contributed by atoms with Crippen LogP contribution in [0.5, 0.6) is 5.88 Å². The fourth-order valence-electron chi connectivity index (χ4n) is 1.15. The van der Waals surface area contributed by atoms with Gasteiger partial charge < -0.3 is 4.74 Å². The van der Waals surface area contributed by atoms with E-state index in [1.54, 1.807) is 12.3 Å². The summed E-state index contributed by atoms with van der Waals surface area (Å²) in [4.78, 5) is 3.77. The third kappa shape index (κ3) is 1.97. The van der Waals surface area contributed by atoms with Crippen LogP contribution in [0, 0.1) is 5.82 Å². The third-order valence-corrected chi connectivity index (χ3v) is 1.86. The first kappa shape index (κ1) is 9.96. The largest absolute Gasteiger partial charge is 0.479 e. The van der Waals surface area contributed by atoms with Gasteiger partial charge in [0.2, 0.25) is 5.88 Å². The van der Waals surface area contributed by atoms with E-state index in [2.05, 4.69) is 4.98 Å². The van der Waals surface area contributed by atoms with Crippen LogP contribution in [0.4, 0.5) is 4.39 Å². The number of methoxy groups -OCH3 is 1. The van der Waals surface area contributed by atoms with Gasteiger partial charge in [-0.25, -0.2) is 9.37 Å². The predicted molar refractivity (Wildman–Crippen MR) is 49.4 cm³/mol. The minimum Gasteiger partial charge on any atom is -0.479 e. The maximum absolute atomic E-state index is 13.6. The lowest BCUT2D eigenvalue weighted by Gasteiger charge is -2.19. The lowest BCUT2D eigenvalue weighted by Crippen LogP contribution is -2.14. The molecule has 3 heteroatoms. The molecular formula is C10H14FNO. The quantitative estimate of drug-likeness (QED) is 0.667. The van der Waals surface area contributed by atoms with E-state index in [9.17, 15) is 4.39 Å². The van der Waals surface area contributed by atoms with E-state index in [1.807, 2.05) is 20.8 Å². The van der Waals surface area contributed by atoms with Crippen LogP contribution in [0.2, 0.25) is 0 Å². The average molecular weight is 183 g/mol. The monoisotopic (exact) mass is 183 g/mol. The molecule has 0 atom stereocenters. The van der Waals surface area contributed by atoms with Gasteiger partial charge in [-0.05, 0) is 11.5 Å². The van der Waals surface area contributed by atoms with E-state index in [0.717, 1.165) is 0 Å². The zero-order chi connectivity index (χ0) is 10.1. The van der Waals surface area contributed by atoms with E-state index in [-0.39, 0.29) is 17.1 Å². The number of rotatable bonds is 1. The van der Waals surface area contributed by atoms with Gasteiger partial charge in [-0.2, -0.15) is 0 Å². The number of hydrogen-bond acceptors (Lipinski definition) is 2. The van der Waals surface area contributed by atoms with Crippen LogP contribution in [0.1, 0.15) is 26.3 Å². The Balaban J connectivity index is 3.24. The second-order valence-electron chi connectivity index (χ2n) is 3.93. The molecule has 0 bridgehead atoms. The lowest BCUT2D eigenvalue weighted by molar-refractivity contribution is 0.361. The Labute approximate surface area is 77.8 Å². The van der Waals surface area contributed by atoms with Crippen molar-refractivity contribution in [3.8, 4) is 5.88 Å².